The Balaban J connectivity index is 1.71. The Bertz CT molecular complexity index is 879. The predicted octanol–water partition coefficient (Wildman–Crippen LogP) is 3.60. The molecule has 1 fully saturated rings. The number of amides is 1. The van der Waals surface area contributed by atoms with Gasteiger partial charge in [-0.05, 0) is 49.3 Å². The van der Waals surface area contributed by atoms with Crippen LogP contribution in [0.3, 0.4) is 0 Å². The smallest absolute Gasteiger partial charge is 0.259 e. The van der Waals surface area contributed by atoms with Gasteiger partial charge in [0, 0.05) is 19.4 Å². The molecule has 6 nitrogen and oxygen atoms in total. The summed E-state index contributed by atoms with van der Waals surface area (Å²) in [4.78, 5) is 24.2. The van der Waals surface area contributed by atoms with Crippen molar-refractivity contribution in [2.75, 3.05) is 12.4 Å². The van der Waals surface area contributed by atoms with Gasteiger partial charge in [0.05, 0.1) is 11.7 Å². The lowest BCUT2D eigenvalue weighted by molar-refractivity contribution is -0.131. The molecule has 6 heteroatoms. The van der Waals surface area contributed by atoms with Crippen LogP contribution in [0.4, 0.5) is 5.69 Å². The fraction of sp³-hybridized carbons (Fsp3) is 0.458. The molecule has 0 radical (unpaired) electrons. The molecule has 30 heavy (non-hydrogen) atoms. The van der Waals surface area contributed by atoms with E-state index in [1.807, 2.05) is 36.5 Å². The van der Waals surface area contributed by atoms with Crippen LogP contribution in [0, 0.1) is 5.92 Å². The van der Waals surface area contributed by atoms with E-state index in [1.165, 1.54) is 29.7 Å². The van der Waals surface area contributed by atoms with Crippen LogP contribution in [0.2, 0.25) is 0 Å². The van der Waals surface area contributed by atoms with Gasteiger partial charge in [-0.15, -0.1) is 0 Å². The van der Waals surface area contributed by atoms with E-state index in [0.717, 1.165) is 24.9 Å². The van der Waals surface area contributed by atoms with Crippen molar-refractivity contribution in [3.63, 3.8) is 0 Å². The normalized spacial score (nSPS) is 23.3. The molecular weight excluding hydrogens is 374 g/mol. The predicted molar refractivity (Wildman–Crippen MR) is 120 cm³/mol. The third-order valence-electron chi connectivity index (χ3n) is 6.59. The number of hydrogen-bond acceptors (Lipinski definition) is 5. The lowest BCUT2D eigenvalue weighted by Crippen LogP contribution is -2.56. The topological polar surface area (TPSA) is 83.6 Å². The number of aryl methyl sites for hydroxylation is 1. The maximum absolute atomic E-state index is 13.6. The molecule has 0 saturated heterocycles. The number of carbonyl (C=O) groups is 1. The van der Waals surface area contributed by atoms with Crippen molar-refractivity contribution in [1.29, 1.82) is 0 Å². The van der Waals surface area contributed by atoms with Crippen molar-refractivity contribution in [1.82, 2.24) is 9.88 Å². The van der Waals surface area contributed by atoms with Crippen LogP contribution in [0.5, 0.6) is 0 Å². The summed E-state index contributed by atoms with van der Waals surface area (Å²) in [6.45, 7) is 0. The Kier molecular flexibility index (Phi) is 6.02. The molecule has 4 rings (SSSR count). The van der Waals surface area contributed by atoms with E-state index in [2.05, 4.69) is 22.4 Å². The largest absolute Gasteiger partial charge is 0.378 e. The number of nitrogens with one attached hydrogen (secondary N) is 1. The molecule has 3 N–H and O–H groups in total. The van der Waals surface area contributed by atoms with Gasteiger partial charge in [0.25, 0.3) is 5.91 Å². The highest BCUT2D eigenvalue weighted by Crippen LogP contribution is 2.40. The molecule has 1 aromatic carbocycles. The van der Waals surface area contributed by atoms with Crippen molar-refractivity contribution in [3.05, 3.63) is 60.4 Å². The summed E-state index contributed by atoms with van der Waals surface area (Å²) in [5.41, 5.74) is 7.40. The summed E-state index contributed by atoms with van der Waals surface area (Å²) in [5, 5.41) is 3.67. The fourth-order valence-corrected chi connectivity index (χ4v) is 4.94. The number of aliphatic imine (C=N–C) groups is 1. The molecule has 0 spiro atoms. The summed E-state index contributed by atoms with van der Waals surface area (Å²) in [6.07, 6.45) is 10.8. The van der Waals surface area contributed by atoms with Gasteiger partial charge in [0.1, 0.15) is 0 Å². The molecule has 1 aromatic heterocycles. The van der Waals surface area contributed by atoms with E-state index < -0.39 is 5.54 Å². The van der Waals surface area contributed by atoms with Crippen molar-refractivity contribution in [2.24, 2.45) is 16.6 Å². The fourth-order valence-electron chi connectivity index (χ4n) is 4.94. The van der Waals surface area contributed by atoms with Crippen molar-refractivity contribution >= 4 is 17.6 Å². The number of carbonyl (C=O) groups excluding carboxylic acids is 1. The zero-order valence-corrected chi connectivity index (χ0v) is 17.6. The van der Waals surface area contributed by atoms with E-state index in [1.54, 1.807) is 13.2 Å². The van der Waals surface area contributed by atoms with Gasteiger partial charge in [-0.2, -0.15) is 0 Å². The van der Waals surface area contributed by atoms with Crippen molar-refractivity contribution in [2.45, 2.75) is 56.5 Å². The van der Waals surface area contributed by atoms with Gasteiger partial charge in [-0.3, -0.25) is 14.7 Å². The van der Waals surface area contributed by atoms with Crippen LogP contribution in [0.1, 0.15) is 44.1 Å². The molecule has 2 atom stereocenters. The van der Waals surface area contributed by atoms with Crippen LogP contribution >= 0.6 is 0 Å². The highest BCUT2D eigenvalue weighted by atomic mass is 16.2. The van der Waals surface area contributed by atoms with E-state index in [4.69, 9.17) is 10.7 Å². The van der Waals surface area contributed by atoms with E-state index in [0.29, 0.717) is 18.3 Å². The Hall–Kier alpha value is -2.89. The summed E-state index contributed by atoms with van der Waals surface area (Å²) in [6, 6.07) is 14.1. The number of rotatable bonds is 7. The third-order valence-corrected chi connectivity index (χ3v) is 6.59. The third kappa shape index (κ3) is 4.04. The lowest BCUT2D eigenvalue weighted by atomic mass is 9.72. The maximum Gasteiger partial charge on any atom is 0.259 e. The Morgan fingerprint density at radius 2 is 1.93 bits per heavy atom. The first-order chi connectivity index (χ1) is 14.6. The first kappa shape index (κ1) is 20.4. The highest BCUT2D eigenvalue weighted by Gasteiger charge is 2.54. The monoisotopic (exact) mass is 405 g/mol. The average Bonchev–Trinajstić information content (AvgIpc) is 3.02. The van der Waals surface area contributed by atoms with Crippen LogP contribution in [-0.2, 0) is 11.2 Å². The minimum atomic E-state index is -0.910. The number of pyridine rings is 1. The Morgan fingerprint density at radius 1 is 1.17 bits per heavy atom. The van der Waals surface area contributed by atoms with Crippen LogP contribution < -0.4 is 11.1 Å². The number of nitrogens with two attached hydrogens (primary N) is 1. The van der Waals surface area contributed by atoms with Gasteiger partial charge < -0.3 is 11.1 Å². The van der Waals surface area contributed by atoms with Crippen molar-refractivity contribution < 1.29 is 4.79 Å². The van der Waals surface area contributed by atoms with Gasteiger partial charge in [-0.25, -0.2) is 4.99 Å². The molecule has 1 unspecified atom stereocenters. The zero-order chi connectivity index (χ0) is 21.0. The van der Waals surface area contributed by atoms with Gasteiger partial charge in [0.2, 0.25) is 0 Å². The summed E-state index contributed by atoms with van der Waals surface area (Å²) < 4.78 is 0. The lowest BCUT2D eigenvalue weighted by Gasteiger charge is -2.41. The second kappa shape index (κ2) is 8.86. The van der Waals surface area contributed by atoms with Crippen LogP contribution in [-0.4, -0.2) is 40.4 Å². The first-order valence-electron chi connectivity index (χ1n) is 10.9. The molecule has 0 bridgehead atoms. The first-order valence-corrected chi connectivity index (χ1v) is 10.9. The van der Waals surface area contributed by atoms with E-state index in [9.17, 15) is 4.79 Å². The number of nitrogens with zero attached hydrogens (tertiary/aromatic N) is 3. The summed E-state index contributed by atoms with van der Waals surface area (Å²) in [5.74, 6) is 0.659. The Morgan fingerprint density at radius 3 is 2.57 bits per heavy atom. The maximum atomic E-state index is 13.6. The van der Waals surface area contributed by atoms with Crippen molar-refractivity contribution in [3.8, 4) is 0 Å². The molecular formula is C24H31N5O. The van der Waals surface area contributed by atoms with E-state index >= 15 is 0 Å². The number of aromatic nitrogens is 1. The number of guanidine groups is 1. The highest BCUT2D eigenvalue weighted by molar-refractivity contribution is 6.07. The number of likely N-dealkylation sites (N-methyl/N-ethyl adjacent to an activating group) is 1. The summed E-state index contributed by atoms with van der Waals surface area (Å²) in [7, 11) is 1.73. The molecule has 2 aromatic rings. The molecule has 1 aliphatic heterocycles. The molecule has 1 amide bonds. The summed E-state index contributed by atoms with van der Waals surface area (Å²) >= 11 is 0. The zero-order valence-electron chi connectivity index (χ0n) is 17.6. The van der Waals surface area contributed by atoms with Crippen LogP contribution in [0.25, 0.3) is 0 Å². The second-order valence-electron chi connectivity index (χ2n) is 8.51. The van der Waals surface area contributed by atoms with Crippen LogP contribution in [0.15, 0.2) is 59.9 Å². The molecule has 2 aliphatic rings. The molecule has 158 valence electrons. The minimum Gasteiger partial charge on any atom is -0.378 e. The van der Waals surface area contributed by atoms with E-state index in [-0.39, 0.29) is 11.9 Å². The molecule has 2 heterocycles. The SMILES string of the molecule is CN1C(=O)[C@@](CCc2ccccc2)(C(Nc2cccnc2)C2CCCCC2)N=C1N. The Labute approximate surface area is 178 Å². The molecule has 1 saturated carbocycles. The number of anilines is 1. The second-order valence-corrected chi connectivity index (χ2v) is 8.51. The number of hydrogen-bond donors (Lipinski definition) is 2. The number of benzene rings is 1. The van der Waals surface area contributed by atoms with Gasteiger partial charge in [0.15, 0.2) is 11.5 Å². The van der Waals surface area contributed by atoms with Gasteiger partial charge >= 0.3 is 0 Å². The average molecular weight is 406 g/mol. The molecule has 1 aliphatic carbocycles. The standard InChI is InChI=1S/C24H31N5O/c1-29-22(30)24(28-23(29)25,15-14-18-9-4-2-5-10-18)21(19-11-6-3-7-12-19)27-20-13-8-16-26-17-20/h2,4-5,8-10,13,16-17,19,21,27H,3,6-7,11-12,14-15H2,1H3,(H2,25,28)/t21?,24-/m1/s1. The van der Waals surface area contributed by atoms with Gasteiger partial charge in [-0.1, -0.05) is 49.6 Å². The quantitative estimate of drug-likeness (QED) is 0.737. The minimum absolute atomic E-state index is 0.0112.